The van der Waals surface area contributed by atoms with E-state index >= 15 is 0 Å². The maximum absolute atomic E-state index is 14.2. The summed E-state index contributed by atoms with van der Waals surface area (Å²) in [5, 5.41) is 0. The monoisotopic (exact) mass is 407 g/mol. The minimum absolute atomic E-state index is 0.282. The van der Waals surface area contributed by atoms with Crippen molar-refractivity contribution in [2.75, 3.05) is 6.61 Å². The van der Waals surface area contributed by atoms with E-state index in [2.05, 4.69) is 37.4 Å². The molecule has 1 atom stereocenters. The molecule has 3 aromatic rings. The van der Waals surface area contributed by atoms with Gasteiger partial charge in [0.15, 0.2) is 11.6 Å². The lowest BCUT2D eigenvalue weighted by molar-refractivity contribution is 0.340. The van der Waals surface area contributed by atoms with Gasteiger partial charge in [-0.15, -0.1) is 0 Å². The Kier molecular flexibility index (Phi) is 7.47. The zero-order valence-corrected chi connectivity index (χ0v) is 18.3. The van der Waals surface area contributed by atoms with E-state index in [0.29, 0.717) is 17.9 Å². The second kappa shape index (κ2) is 10.3. The predicted molar refractivity (Wildman–Crippen MR) is 119 cm³/mol. The molecule has 3 aromatic carbocycles. The quantitative estimate of drug-likeness (QED) is 0.355. The van der Waals surface area contributed by atoms with Gasteiger partial charge >= 0.3 is 0 Å². The van der Waals surface area contributed by atoms with Crippen LogP contribution in [-0.4, -0.2) is 15.4 Å². The van der Waals surface area contributed by atoms with Crippen LogP contribution < -0.4 is 9.47 Å². The number of hydrogen-bond donors (Lipinski definition) is 0. The minimum atomic E-state index is -0.532. The van der Waals surface area contributed by atoms with E-state index in [9.17, 15) is 4.39 Å². The Morgan fingerprint density at radius 2 is 1.62 bits per heavy atom. The summed E-state index contributed by atoms with van der Waals surface area (Å²) in [6, 6.07) is 23.0. The van der Waals surface area contributed by atoms with Crippen LogP contribution in [0.25, 0.3) is 0 Å². The summed E-state index contributed by atoms with van der Waals surface area (Å²) in [6.45, 7) is 7.37. The molecule has 0 aliphatic carbocycles. The van der Waals surface area contributed by atoms with Crippen molar-refractivity contribution in [1.82, 2.24) is 0 Å². The summed E-state index contributed by atoms with van der Waals surface area (Å²) in [7, 11) is -0.532. The lowest BCUT2D eigenvalue weighted by Crippen LogP contribution is -2.17. The molecule has 0 amide bonds. The highest BCUT2D eigenvalue weighted by atomic mass is 28.3. The second-order valence-corrected chi connectivity index (χ2v) is 10.2. The molecule has 0 aliphatic rings. The third-order valence-corrected chi connectivity index (χ3v) is 6.99. The van der Waals surface area contributed by atoms with Gasteiger partial charge in [0, 0.05) is 8.80 Å². The van der Waals surface area contributed by atoms with Gasteiger partial charge in [-0.3, -0.25) is 0 Å². The molecule has 0 saturated carbocycles. The molecule has 0 spiro atoms. The van der Waals surface area contributed by atoms with Crippen LogP contribution in [0.4, 0.5) is 4.39 Å². The Bertz CT molecular complexity index is 894. The van der Waals surface area contributed by atoms with E-state index in [1.807, 2.05) is 49.4 Å². The largest absolute Gasteiger partial charge is 0.494 e. The minimum Gasteiger partial charge on any atom is -0.494 e. The normalized spacial score (nSPS) is 12.0. The molecule has 0 aromatic heterocycles. The van der Waals surface area contributed by atoms with Crippen LogP contribution >= 0.6 is 0 Å². The molecule has 3 rings (SSSR count). The summed E-state index contributed by atoms with van der Waals surface area (Å²) in [4.78, 5) is 0. The van der Waals surface area contributed by atoms with Gasteiger partial charge in [0.25, 0.3) is 0 Å². The Balaban J connectivity index is 1.70. The van der Waals surface area contributed by atoms with Crippen LogP contribution in [0.15, 0.2) is 72.8 Å². The summed E-state index contributed by atoms with van der Waals surface area (Å²) >= 11 is 0. The molecule has 0 N–H and O–H groups in total. The van der Waals surface area contributed by atoms with Crippen molar-refractivity contribution in [3.8, 4) is 17.2 Å². The average molecular weight is 408 g/mol. The fourth-order valence-electron chi connectivity index (χ4n) is 3.46. The average Bonchev–Trinajstić information content (AvgIpc) is 2.72. The predicted octanol–water partition coefficient (Wildman–Crippen LogP) is 7.03. The number of para-hydroxylation sites is 1. The van der Waals surface area contributed by atoms with Crippen molar-refractivity contribution in [2.45, 2.75) is 38.4 Å². The maximum Gasteiger partial charge on any atom is 0.165 e. The number of benzene rings is 3. The van der Waals surface area contributed by atoms with E-state index in [0.717, 1.165) is 24.2 Å². The molecule has 151 valence electrons. The number of hydrogen-bond acceptors (Lipinski definition) is 2. The fourth-order valence-corrected chi connectivity index (χ4v) is 5.04. The van der Waals surface area contributed by atoms with Crippen molar-refractivity contribution >= 4 is 8.80 Å². The highest BCUT2D eigenvalue weighted by Gasteiger charge is 2.18. The summed E-state index contributed by atoms with van der Waals surface area (Å²) < 4.78 is 25.5. The first-order valence-electron chi connectivity index (χ1n) is 10.1. The van der Waals surface area contributed by atoms with E-state index in [1.54, 1.807) is 0 Å². The van der Waals surface area contributed by atoms with Gasteiger partial charge in [-0.2, -0.15) is 0 Å². The lowest BCUT2D eigenvalue weighted by Gasteiger charge is -2.21. The molecule has 0 heterocycles. The van der Waals surface area contributed by atoms with Gasteiger partial charge in [0.2, 0.25) is 0 Å². The Hall–Kier alpha value is -2.59. The molecule has 4 heteroatoms. The molecule has 29 heavy (non-hydrogen) atoms. The zero-order chi connectivity index (χ0) is 20.6. The number of rotatable bonds is 9. The fraction of sp³-hybridized carbons (Fsp3) is 0.280. The molecule has 1 unspecified atom stereocenters. The molecule has 2 nitrogen and oxygen atoms in total. The van der Waals surface area contributed by atoms with Gasteiger partial charge in [0.1, 0.15) is 11.5 Å². The summed E-state index contributed by atoms with van der Waals surface area (Å²) in [6.07, 6.45) is 1.92. The molecule has 0 saturated heterocycles. The SMILES string of the molecule is CCOc1ccc(C(CCc2ccc(F)c(Oc3ccccc3)c2)[Si](C)C)cc1. The summed E-state index contributed by atoms with van der Waals surface area (Å²) in [5.74, 6) is 1.50. The highest BCUT2D eigenvalue weighted by Crippen LogP contribution is 2.29. The second-order valence-electron chi connectivity index (χ2n) is 7.35. The van der Waals surface area contributed by atoms with Crippen molar-refractivity contribution in [3.63, 3.8) is 0 Å². The van der Waals surface area contributed by atoms with Crippen molar-refractivity contribution in [3.05, 3.63) is 89.7 Å². The first-order valence-corrected chi connectivity index (χ1v) is 12.7. The van der Waals surface area contributed by atoms with Gasteiger partial charge in [-0.05, 0) is 72.8 Å². The first-order chi connectivity index (χ1) is 14.1. The van der Waals surface area contributed by atoms with Gasteiger partial charge in [-0.1, -0.05) is 49.5 Å². The van der Waals surface area contributed by atoms with E-state index < -0.39 is 8.80 Å². The molecular formula is C25H28FO2Si. The van der Waals surface area contributed by atoms with Crippen LogP contribution in [0.5, 0.6) is 17.2 Å². The molecular weight excluding hydrogens is 379 g/mol. The lowest BCUT2D eigenvalue weighted by atomic mass is 10.0. The van der Waals surface area contributed by atoms with Gasteiger partial charge in [-0.25, -0.2) is 4.39 Å². The van der Waals surface area contributed by atoms with Crippen LogP contribution in [0, 0.1) is 5.82 Å². The Morgan fingerprint density at radius 1 is 0.897 bits per heavy atom. The van der Waals surface area contributed by atoms with Crippen molar-refractivity contribution in [1.29, 1.82) is 0 Å². The number of halogens is 1. The molecule has 0 fully saturated rings. The van der Waals surface area contributed by atoms with Crippen LogP contribution in [-0.2, 0) is 6.42 Å². The number of ether oxygens (including phenoxy) is 2. The first kappa shape index (κ1) is 21.1. The number of aryl methyl sites for hydroxylation is 1. The Morgan fingerprint density at radius 3 is 2.28 bits per heavy atom. The third kappa shape index (κ3) is 5.94. The summed E-state index contributed by atoms with van der Waals surface area (Å²) in [5.41, 5.74) is 2.98. The third-order valence-electron chi connectivity index (χ3n) is 4.98. The van der Waals surface area contributed by atoms with Gasteiger partial charge < -0.3 is 9.47 Å². The smallest absolute Gasteiger partial charge is 0.165 e. The molecule has 0 aliphatic heterocycles. The van der Waals surface area contributed by atoms with Crippen LogP contribution in [0.2, 0.25) is 13.1 Å². The van der Waals surface area contributed by atoms with Crippen LogP contribution in [0.3, 0.4) is 0 Å². The maximum atomic E-state index is 14.2. The van der Waals surface area contributed by atoms with E-state index in [-0.39, 0.29) is 11.6 Å². The van der Waals surface area contributed by atoms with Crippen molar-refractivity contribution in [2.24, 2.45) is 0 Å². The van der Waals surface area contributed by atoms with E-state index in [1.165, 1.54) is 11.6 Å². The molecule has 1 radical (unpaired) electrons. The van der Waals surface area contributed by atoms with E-state index in [4.69, 9.17) is 9.47 Å². The topological polar surface area (TPSA) is 18.5 Å². The highest BCUT2D eigenvalue weighted by molar-refractivity contribution is 6.57. The Labute approximate surface area is 174 Å². The zero-order valence-electron chi connectivity index (χ0n) is 17.3. The standard InChI is InChI=1S/C25H28FO2Si/c1-4-27-21-14-12-20(13-15-21)25(29(2)3)17-11-19-10-16-23(26)24(18-19)28-22-8-6-5-7-9-22/h5-10,12-16,18,25H,4,11,17H2,1-3H3. The van der Waals surface area contributed by atoms with Crippen LogP contribution in [0.1, 0.15) is 30.0 Å². The molecule has 0 bridgehead atoms. The van der Waals surface area contributed by atoms with Gasteiger partial charge in [0.05, 0.1) is 6.61 Å². The van der Waals surface area contributed by atoms with Crippen molar-refractivity contribution < 1.29 is 13.9 Å².